The number of hydrogen-bond acceptors (Lipinski definition) is 2. The van der Waals surface area contributed by atoms with E-state index < -0.39 is 0 Å². The van der Waals surface area contributed by atoms with Gasteiger partial charge in [0.1, 0.15) is 0 Å². The Morgan fingerprint density at radius 3 is 0.762 bits per heavy atom. The summed E-state index contributed by atoms with van der Waals surface area (Å²) in [6.07, 6.45) is 0. The largest absolute Gasteiger partial charge is 0.248 e. The maximum absolute atomic E-state index is 5.06. The molecule has 0 fully saturated rings. The second-order valence-electron chi connectivity index (χ2n) is 10.3. The smallest absolute Gasteiger partial charge is 0.0715 e. The van der Waals surface area contributed by atoms with Crippen LogP contribution in [-0.4, -0.2) is 9.97 Å². The zero-order chi connectivity index (χ0) is 28.1. The summed E-state index contributed by atoms with van der Waals surface area (Å²) < 4.78 is 0. The van der Waals surface area contributed by atoms with Gasteiger partial charge < -0.3 is 0 Å². The molecule has 0 aliphatic carbocycles. The standard InChI is InChI=1S/C40H28N2/c1-5-14-29(15-6-1)37-25-35(26-38(41-37)30-16-7-2-8-17-30)33-22-13-23-34(24-33)36-27-39(31-18-9-3-10-19-31)42-40(28-36)32-20-11-4-12-21-32/h1-28H. The van der Waals surface area contributed by atoms with E-state index in [1.807, 2.05) is 24.3 Å². The first kappa shape index (κ1) is 25.4. The van der Waals surface area contributed by atoms with E-state index in [9.17, 15) is 0 Å². The Hall–Kier alpha value is -5.60. The van der Waals surface area contributed by atoms with Crippen LogP contribution in [0.4, 0.5) is 0 Å². The number of hydrogen-bond donors (Lipinski definition) is 0. The van der Waals surface area contributed by atoms with Crippen molar-refractivity contribution in [1.82, 2.24) is 9.97 Å². The van der Waals surface area contributed by atoms with Crippen molar-refractivity contribution in [3.8, 4) is 67.3 Å². The topological polar surface area (TPSA) is 25.8 Å². The van der Waals surface area contributed by atoms with Gasteiger partial charge in [-0.1, -0.05) is 140 Å². The van der Waals surface area contributed by atoms with Crippen LogP contribution >= 0.6 is 0 Å². The number of pyridine rings is 2. The highest BCUT2D eigenvalue weighted by atomic mass is 14.7. The van der Waals surface area contributed by atoms with Crippen LogP contribution in [-0.2, 0) is 0 Å². The summed E-state index contributed by atoms with van der Waals surface area (Å²) in [5.41, 5.74) is 12.8. The first-order chi connectivity index (χ1) is 20.8. The van der Waals surface area contributed by atoms with Crippen LogP contribution in [0.2, 0.25) is 0 Å². The van der Waals surface area contributed by atoms with Crippen molar-refractivity contribution >= 4 is 0 Å². The highest BCUT2D eigenvalue weighted by Crippen LogP contribution is 2.34. The van der Waals surface area contributed by atoms with Crippen LogP contribution < -0.4 is 0 Å². The van der Waals surface area contributed by atoms with Gasteiger partial charge in [0.15, 0.2) is 0 Å². The van der Waals surface area contributed by atoms with E-state index in [0.29, 0.717) is 0 Å². The van der Waals surface area contributed by atoms with Crippen molar-refractivity contribution in [2.75, 3.05) is 0 Å². The predicted octanol–water partition coefficient (Wildman–Crippen LogP) is 10.5. The van der Waals surface area contributed by atoms with Crippen molar-refractivity contribution in [3.05, 3.63) is 170 Å². The normalized spacial score (nSPS) is 10.9. The molecule has 0 atom stereocenters. The molecule has 0 saturated carbocycles. The minimum absolute atomic E-state index is 0.957. The fourth-order valence-electron chi connectivity index (χ4n) is 5.30. The number of aromatic nitrogens is 2. The third kappa shape index (κ3) is 5.39. The van der Waals surface area contributed by atoms with Gasteiger partial charge in [-0.2, -0.15) is 0 Å². The van der Waals surface area contributed by atoms with E-state index in [1.54, 1.807) is 0 Å². The average molecular weight is 537 g/mol. The van der Waals surface area contributed by atoms with Gasteiger partial charge in [0.2, 0.25) is 0 Å². The van der Waals surface area contributed by atoms with Crippen molar-refractivity contribution in [1.29, 1.82) is 0 Å². The van der Waals surface area contributed by atoms with E-state index in [1.165, 1.54) is 0 Å². The molecule has 0 aliphatic heterocycles. The first-order valence-electron chi connectivity index (χ1n) is 14.2. The molecular formula is C40H28N2. The van der Waals surface area contributed by atoms with E-state index in [0.717, 1.165) is 67.3 Å². The molecule has 2 aromatic heterocycles. The molecule has 0 spiro atoms. The Morgan fingerprint density at radius 1 is 0.214 bits per heavy atom. The summed E-state index contributed by atoms with van der Waals surface area (Å²) >= 11 is 0. The van der Waals surface area contributed by atoms with Gasteiger partial charge in [0.25, 0.3) is 0 Å². The average Bonchev–Trinajstić information content (AvgIpc) is 3.09. The zero-order valence-electron chi connectivity index (χ0n) is 23.1. The molecule has 198 valence electrons. The minimum Gasteiger partial charge on any atom is -0.248 e. The molecule has 0 amide bonds. The number of rotatable bonds is 6. The van der Waals surface area contributed by atoms with Gasteiger partial charge in [-0.05, 0) is 52.6 Å². The van der Waals surface area contributed by atoms with Crippen LogP contribution in [0.1, 0.15) is 0 Å². The molecule has 0 saturated heterocycles. The molecule has 0 aliphatic rings. The Kier molecular flexibility index (Phi) is 6.94. The molecule has 42 heavy (non-hydrogen) atoms. The lowest BCUT2D eigenvalue weighted by molar-refractivity contribution is 1.32. The first-order valence-corrected chi connectivity index (χ1v) is 14.2. The lowest BCUT2D eigenvalue weighted by atomic mass is 9.95. The third-order valence-electron chi connectivity index (χ3n) is 7.46. The Labute approximate surface area is 246 Å². The maximum atomic E-state index is 5.06. The summed E-state index contributed by atoms with van der Waals surface area (Å²) in [6.45, 7) is 0. The van der Waals surface area contributed by atoms with E-state index >= 15 is 0 Å². The summed E-state index contributed by atoms with van der Waals surface area (Å²) in [5.74, 6) is 0. The van der Waals surface area contributed by atoms with E-state index in [4.69, 9.17) is 9.97 Å². The second kappa shape index (κ2) is 11.5. The Balaban J connectivity index is 1.37. The van der Waals surface area contributed by atoms with Crippen LogP contribution in [0.25, 0.3) is 67.3 Å². The molecule has 0 N–H and O–H groups in total. The zero-order valence-corrected chi connectivity index (χ0v) is 23.1. The molecule has 7 rings (SSSR count). The van der Waals surface area contributed by atoms with Crippen LogP contribution in [0.3, 0.4) is 0 Å². The fourth-order valence-corrected chi connectivity index (χ4v) is 5.30. The SMILES string of the molecule is c1ccc(-c2cc(-c3cccc(-c4cc(-c5ccccc5)nc(-c5ccccc5)c4)c3)cc(-c3ccccc3)n2)cc1. The third-order valence-corrected chi connectivity index (χ3v) is 7.46. The lowest BCUT2D eigenvalue weighted by Gasteiger charge is -2.13. The summed E-state index contributed by atoms with van der Waals surface area (Å²) in [4.78, 5) is 10.1. The monoisotopic (exact) mass is 536 g/mol. The minimum atomic E-state index is 0.957. The van der Waals surface area contributed by atoms with Gasteiger partial charge in [0.05, 0.1) is 22.8 Å². The molecule has 0 radical (unpaired) electrons. The molecule has 7 aromatic rings. The lowest BCUT2D eigenvalue weighted by Crippen LogP contribution is -1.92. The van der Waals surface area contributed by atoms with Gasteiger partial charge >= 0.3 is 0 Å². The second-order valence-corrected chi connectivity index (χ2v) is 10.3. The highest BCUT2D eigenvalue weighted by Gasteiger charge is 2.12. The molecular weight excluding hydrogens is 508 g/mol. The van der Waals surface area contributed by atoms with E-state index in [2.05, 4.69) is 146 Å². The molecule has 0 bridgehead atoms. The quantitative estimate of drug-likeness (QED) is 0.211. The Bertz CT molecular complexity index is 1690. The summed E-state index contributed by atoms with van der Waals surface area (Å²) in [6, 6.07) is 59.1. The summed E-state index contributed by atoms with van der Waals surface area (Å²) in [7, 11) is 0. The van der Waals surface area contributed by atoms with Gasteiger partial charge in [-0.3, -0.25) is 0 Å². The van der Waals surface area contributed by atoms with Crippen molar-refractivity contribution in [2.24, 2.45) is 0 Å². The summed E-state index contributed by atoms with van der Waals surface area (Å²) in [5, 5.41) is 0. The van der Waals surface area contributed by atoms with Gasteiger partial charge in [0, 0.05) is 22.3 Å². The van der Waals surface area contributed by atoms with Gasteiger partial charge in [-0.15, -0.1) is 0 Å². The predicted molar refractivity (Wildman–Crippen MR) is 175 cm³/mol. The van der Waals surface area contributed by atoms with Crippen LogP contribution in [0, 0.1) is 0 Å². The molecule has 2 nitrogen and oxygen atoms in total. The van der Waals surface area contributed by atoms with Crippen molar-refractivity contribution < 1.29 is 0 Å². The number of nitrogens with zero attached hydrogens (tertiary/aromatic N) is 2. The van der Waals surface area contributed by atoms with Crippen LogP contribution in [0.15, 0.2) is 170 Å². The van der Waals surface area contributed by atoms with Crippen molar-refractivity contribution in [3.63, 3.8) is 0 Å². The number of benzene rings is 5. The molecule has 2 heterocycles. The Morgan fingerprint density at radius 2 is 0.476 bits per heavy atom. The van der Waals surface area contributed by atoms with Gasteiger partial charge in [-0.25, -0.2) is 9.97 Å². The van der Waals surface area contributed by atoms with E-state index in [-0.39, 0.29) is 0 Å². The van der Waals surface area contributed by atoms with Crippen LogP contribution in [0.5, 0.6) is 0 Å². The highest BCUT2D eigenvalue weighted by molar-refractivity contribution is 5.82. The molecule has 2 heteroatoms. The molecule has 0 unspecified atom stereocenters. The fraction of sp³-hybridized carbons (Fsp3) is 0. The van der Waals surface area contributed by atoms with Crippen molar-refractivity contribution in [2.45, 2.75) is 0 Å². The molecule has 5 aromatic carbocycles. The maximum Gasteiger partial charge on any atom is 0.0715 e.